The van der Waals surface area contributed by atoms with Crippen molar-refractivity contribution in [1.82, 2.24) is 19.3 Å². The minimum Gasteiger partial charge on any atom is -0.467 e. The minimum atomic E-state index is 0.0767. The summed E-state index contributed by atoms with van der Waals surface area (Å²) in [6, 6.07) is 15.8. The maximum absolute atomic E-state index is 12.9. The number of Topliss-reactive ketones (excluding diaryl/α,β-unsaturated/α-hetero) is 1. The van der Waals surface area contributed by atoms with Crippen LogP contribution in [0, 0.1) is 13.8 Å². The third-order valence-corrected chi connectivity index (χ3v) is 5.55. The SMILES string of the molecule is Cc1cc(C(=O)CSc2nncn2Cc2ccco2)c(C)n1-c1ccccc1. The average molecular weight is 392 g/mol. The summed E-state index contributed by atoms with van der Waals surface area (Å²) in [7, 11) is 0. The number of ketones is 1. The summed E-state index contributed by atoms with van der Waals surface area (Å²) in [6.07, 6.45) is 3.29. The topological polar surface area (TPSA) is 65.8 Å². The number of aromatic nitrogens is 4. The second-order valence-electron chi connectivity index (χ2n) is 6.49. The Labute approximate surface area is 167 Å². The van der Waals surface area contributed by atoms with Gasteiger partial charge in [0, 0.05) is 22.6 Å². The number of aryl methyl sites for hydroxylation is 1. The summed E-state index contributed by atoms with van der Waals surface area (Å²) in [5.41, 5.74) is 3.79. The van der Waals surface area contributed by atoms with E-state index < -0.39 is 0 Å². The van der Waals surface area contributed by atoms with Gasteiger partial charge in [0.15, 0.2) is 10.9 Å². The number of thioether (sulfide) groups is 1. The highest BCUT2D eigenvalue weighted by molar-refractivity contribution is 7.99. The molecule has 142 valence electrons. The molecule has 7 heteroatoms. The Kier molecular flexibility index (Phi) is 5.16. The molecule has 1 aromatic carbocycles. The van der Waals surface area contributed by atoms with Crippen molar-refractivity contribution in [3.05, 3.63) is 83.8 Å². The smallest absolute Gasteiger partial charge is 0.191 e. The van der Waals surface area contributed by atoms with Gasteiger partial charge in [0.05, 0.1) is 18.6 Å². The lowest BCUT2D eigenvalue weighted by Gasteiger charge is -2.09. The first-order chi connectivity index (χ1) is 13.6. The van der Waals surface area contributed by atoms with Gasteiger partial charge >= 0.3 is 0 Å². The van der Waals surface area contributed by atoms with E-state index in [-0.39, 0.29) is 5.78 Å². The molecule has 0 aliphatic rings. The van der Waals surface area contributed by atoms with Crippen LogP contribution in [0.2, 0.25) is 0 Å². The largest absolute Gasteiger partial charge is 0.467 e. The van der Waals surface area contributed by atoms with Crippen molar-refractivity contribution in [2.45, 2.75) is 25.5 Å². The van der Waals surface area contributed by atoms with Gasteiger partial charge in [-0.2, -0.15) is 0 Å². The molecular formula is C21H20N4O2S. The lowest BCUT2D eigenvalue weighted by atomic mass is 10.2. The quantitative estimate of drug-likeness (QED) is 0.346. The van der Waals surface area contributed by atoms with Crippen molar-refractivity contribution in [2.24, 2.45) is 0 Å². The van der Waals surface area contributed by atoms with Gasteiger partial charge in [-0.3, -0.25) is 4.79 Å². The maximum atomic E-state index is 12.9. The number of hydrogen-bond donors (Lipinski definition) is 0. The molecule has 0 saturated carbocycles. The highest BCUT2D eigenvalue weighted by atomic mass is 32.2. The molecule has 4 rings (SSSR count). The number of para-hydroxylation sites is 1. The van der Waals surface area contributed by atoms with Crippen LogP contribution in [0.3, 0.4) is 0 Å². The molecule has 0 fully saturated rings. The second kappa shape index (κ2) is 7.90. The van der Waals surface area contributed by atoms with E-state index >= 15 is 0 Å². The highest BCUT2D eigenvalue weighted by Crippen LogP contribution is 2.24. The van der Waals surface area contributed by atoms with Crippen molar-refractivity contribution < 1.29 is 9.21 Å². The molecule has 6 nitrogen and oxygen atoms in total. The van der Waals surface area contributed by atoms with E-state index in [9.17, 15) is 4.79 Å². The van der Waals surface area contributed by atoms with Crippen LogP contribution in [0.1, 0.15) is 27.5 Å². The molecule has 0 radical (unpaired) electrons. The molecule has 0 unspecified atom stereocenters. The predicted octanol–water partition coefficient (Wildman–Crippen LogP) is 4.30. The number of furan rings is 1. The summed E-state index contributed by atoms with van der Waals surface area (Å²) < 4.78 is 9.36. The molecule has 3 heterocycles. The maximum Gasteiger partial charge on any atom is 0.191 e. The van der Waals surface area contributed by atoms with Gasteiger partial charge in [-0.1, -0.05) is 30.0 Å². The zero-order valence-electron chi connectivity index (χ0n) is 15.7. The fourth-order valence-corrected chi connectivity index (χ4v) is 4.06. The summed E-state index contributed by atoms with van der Waals surface area (Å²) in [5, 5.41) is 8.79. The van der Waals surface area contributed by atoms with E-state index in [1.807, 2.05) is 66.9 Å². The fourth-order valence-electron chi connectivity index (χ4n) is 3.26. The van der Waals surface area contributed by atoms with Gasteiger partial charge in [-0.15, -0.1) is 10.2 Å². The van der Waals surface area contributed by atoms with Crippen molar-refractivity contribution in [2.75, 3.05) is 5.75 Å². The van der Waals surface area contributed by atoms with E-state index in [0.717, 1.165) is 28.4 Å². The molecule has 0 aliphatic heterocycles. The van der Waals surface area contributed by atoms with E-state index in [2.05, 4.69) is 14.8 Å². The molecule has 0 N–H and O–H groups in total. The number of hydrogen-bond acceptors (Lipinski definition) is 5. The zero-order valence-corrected chi connectivity index (χ0v) is 16.5. The fraction of sp³-hybridized carbons (Fsp3) is 0.190. The molecule has 0 atom stereocenters. The van der Waals surface area contributed by atoms with Crippen LogP contribution in [0.25, 0.3) is 5.69 Å². The van der Waals surface area contributed by atoms with Gasteiger partial charge in [-0.25, -0.2) is 0 Å². The van der Waals surface area contributed by atoms with Crippen molar-refractivity contribution in [1.29, 1.82) is 0 Å². The normalized spacial score (nSPS) is 11.1. The summed E-state index contributed by atoms with van der Waals surface area (Å²) in [6.45, 7) is 4.54. The number of benzene rings is 1. The molecule has 0 aliphatic carbocycles. The van der Waals surface area contributed by atoms with E-state index in [0.29, 0.717) is 17.5 Å². The zero-order chi connectivity index (χ0) is 19.5. The number of rotatable bonds is 7. The van der Waals surface area contributed by atoms with Gasteiger partial charge in [-0.05, 0) is 44.2 Å². The van der Waals surface area contributed by atoms with Crippen LogP contribution in [0.15, 0.2) is 70.7 Å². The van der Waals surface area contributed by atoms with Crippen molar-refractivity contribution >= 4 is 17.5 Å². The number of carbonyl (C=O) groups excluding carboxylic acids is 1. The molecule has 0 saturated heterocycles. The Balaban J connectivity index is 1.49. The predicted molar refractivity (Wildman–Crippen MR) is 108 cm³/mol. The van der Waals surface area contributed by atoms with Crippen LogP contribution >= 0.6 is 11.8 Å². The van der Waals surface area contributed by atoms with Crippen LogP contribution in [0.5, 0.6) is 0 Å². The third kappa shape index (κ3) is 3.66. The molecule has 0 bridgehead atoms. The summed E-state index contributed by atoms with van der Waals surface area (Å²) in [5.74, 6) is 1.20. The third-order valence-electron chi connectivity index (χ3n) is 4.56. The molecular weight excluding hydrogens is 372 g/mol. The minimum absolute atomic E-state index is 0.0767. The Morgan fingerprint density at radius 3 is 2.71 bits per heavy atom. The Morgan fingerprint density at radius 2 is 1.96 bits per heavy atom. The lowest BCUT2D eigenvalue weighted by Crippen LogP contribution is -2.07. The molecule has 4 aromatic rings. The molecule has 3 aromatic heterocycles. The van der Waals surface area contributed by atoms with Gasteiger partial charge in [0.25, 0.3) is 0 Å². The first kappa shape index (κ1) is 18.3. The van der Waals surface area contributed by atoms with E-state index in [1.165, 1.54) is 11.8 Å². The summed E-state index contributed by atoms with van der Waals surface area (Å²) >= 11 is 1.39. The standard InChI is InChI=1S/C21H20N4O2S/c1-15-11-19(16(2)25(15)17-7-4-3-5-8-17)20(26)13-28-21-23-22-14-24(21)12-18-9-6-10-27-18/h3-11,14H,12-13H2,1-2H3. The molecule has 28 heavy (non-hydrogen) atoms. The van der Waals surface area contributed by atoms with Crippen LogP contribution in [-0.2, 0) is 6.54 Å². The average Bonchev–Trinajstić information content (AvgIpc) is 3.43. The monoisotopic (exact) mass is 392 g/mol. The van der Waals surface area contributed by atoms with Gasteiger partial charge in [0.1, 0.15) is 12.1 Å². The number of nitrogens with zero attached hydrogens (tertiary/aromatic N) is 4. The Morgan fingerprint density at radius 1 is 1.14 bits per heavy atom. The molecule has 0 spiro atoms. The van der Waals surface area contributed by atoms with E-state index in [4.69, 9.17) is 4.42 Å². The van der Waals surface area contributed by atoms with Crippen LogP contribution in [0.4, 0.5) is 0 Å². The lowest BCUT2D eigenvalue weighted by molar-refractivity contribution is 0.102. The van der Waals surface area contributed by atoms with Crippen molar-refractivity contribution in [3.8, 4) is 5.69 Å². The van der Waals surface area contributed by atoms with Crippen LogP contribution in [-0.4, -0.2) is 30.9 Å². The second-order valence-corrected chi connectivity index (χ2v) is 7.43. The summed E-state index contributed by atoms with van der Waals surface area (Å²) in [4.78, 5) is 12.9. The molecule has 0 amide bonds. The van der Waals surface area contributed by atoms with Gasteiger partial charge in [0.2, 0.25) is 0 Å². The van der Waals surface area contributed by atoms with Crippen molar-refractivity contribution in [3.63, 3.8) is 0 Å². The first-order valence-corrected chi connectivity index (χ1v) is 9.92. The Hall–Kier alpha value is -3.06. The number of carbonyl (C=O) groups is 1. The highest BCUT2D eigenvalue weighted by Gasteiger charge is 2.18. The van der Waals surface area contributed by atoms with E-state index in [1.54, 1.807) is 12.6 Å². The van der Waals surface area contributed by atoms with Gasteiger partial charge < -0.3 is 13.6 Å². The first-order valence-electron chi connectivity index (χ1n) is 8.94. The van der Waals surface area contributed by atoms with Crippen LogP contribution < -0.4 is 0 Å². The Bertz CT molecular complexity index is 1080.